The lowest BCUT2D eigenvalue weighted by Crippen LogP contribution is -2.05. The predicted octanol–water partition coefficient (Wildman–Crippen LogP) is 4.68. The van der Waals surface area contributed by atoms with Crippen molar-refractivity contribution >= 4 is 0 Å². The van der Waals surface area contributed by atoms with E-state index in [-0.39, 0.29) is 11.0 Å². The van der Waals surface area contributed by atoms with E-state index in [1.165, 1.54) is 5.57 Å². The maximum absolute atomic E-state index is 8.86. The molecule has 0 radical (unpaired) electrons. The fourth-order valence-corrected chi connectivity index (χ4v) is 1.41. The molecule has 0 rings (SSSR count). The summed E-state index contributed by atoms with van der Waals surface area (Å²) < 4.78 is 0. The van der Waals surface area contributed by atoms with Crippen LogP contribution in [0.15, 0.2) is 34.9 Å². The molecule has 0 bridgehead atoms. The van der Waals surface area contributed by atoms with Crippen molar-refractivity contribution < 1.29 is 0 Å². The fraction of sp³-hybridized carbons (Fsp3) is 0.500. The average molecular weight is 242 g/mol. The molecule has 0 saturated heterocycles. The largest absolute Gasteiger partial charge is 0.192 e. The Kier molecular flexibility index (Phi) is 6.76. The van der Waals surface area contributed by atoms with Gasteiger partial charge in [-0.05, 0) is 37.7 Å². The number of hydrogen-bond acceptors (Lipinski definition) is 2. The van der Waals surface area contributed by atoms with Crippen molar-refractivity contribution in [1.82, 2.24) is 0 Å². The summed E-state index contributed by atoms with van der Waals surface area (Å²) in [5.74, 6) is 0. The zero-order valence-corrected chi connectivity index (χ0v) is 12.0. The minimum absolute atomic E-state index is 0.0354. The number of nitriles is 2. The number of allylic oxidation sites excluding steroid dienone is 6. The molecule has 0 saturated carbocycles. The first kappa shape index (κ1) is 16.2. The van der Waals surface area contributed by atoms with Crippen LogP contribution in [0.2, 0.25) is 0 Å². The zero-order valence-electron chi connectivity index (χ0n) is 12.0. The Hall–Kier alpha value is -1.80. The number of rotatable bonds is 5. The van der Waals surface area contributed by atoms with E-state index in [0.29, 0.717) is 6.42 Å². The molecule has 96 valence electrons. The van der Waals surface area contributed by atoms with Crippen LogP contribution < -0.4 is 0 Å². The van der Waals surface area contributed by atoms with Crippen molar-refractivity contribution in [3.8, 4) is 12.1 Å². The molecule has 0 heterocycles. The molecule has 0 aliphatic rings. The van der Waals surface area contributed by atoms with Crippen LogP contribution in [0.5, 0.6) is 0 Å². The Morgan fingerprint density at radius 2 is 1.72 bits per heavy atom. The molecule has 0 aliphatic carbocycles. The Balaban J connectivity index is 5.03. The summed E-state index contributed by atoms with van der Waals surface area (Å²) in [5.41, 5.74) is 2.36. The van der Waals surface area contributed by atoms with E-state index in [0.717, 1.165) is 12.0 Å². The zero-order chi connectivity index (χ0) is 14.2. The molecule has 0 unspecified atom stereocenters. The van der Waals surface area contributed by atoms with Crippen LogP contribution in [0.4, 0.5) is 0 Å². The summed E-state index contributed by atoms with van der Waals surface area (Å²) >= 11 is 0. The summed E-state index contributed by atoms with van der Waals surface area (Å²) in [6, 6.07) is 3.89. The average Bonchev–Trinajstić information content (AvgIpc) is 2.32. The summed E-state index contributed by atoms with van der Waals surface area (Å²) in [7, 11) is 0. The van der Waals surface area contributed by atoms with Gasteiger partial charge in [0.15, 0.2) is 0 Å². The van der Waals surface area contributed by atoms with E-state index in [1.807, 2.05) is 25.1 Å². The van der Waals surface area contributed by atoms with Gasteiger partial charge in [0.1, 0.15) is 17.7 Å². The molecule has 2 nitrogen and oxygen atoms in total. The molecule has 18 heavy (non-hydrogen) atoms. The summed E-state index contributed by atoms with van der Waals surface area (Å²) in [4.78, 5) is 0. The smallest absolute Gasteiger partial charge is 0.132 e. The highest BCUT2D eigenvalue weighted by Crippen LogP contribution is 2.25. The first-order valence-electron chi connectivity index (χ1n) is 6.22. The van der Waals surface area contributed by atoms with Crippen molar-refractivity contribution in [1.29, 1.82) is 10.5 Å². The predicted molar refractivity (Wildman–Crippen MR) is 75.5 cm³/mol. The van der Waals surface area contributed by atoms with Crippen LogP contribution >= 0.6 is 0 Å². The first-order chi connectivity index (χ1) is 8.36. The molecule has 2 heteroatoms. The minimum atomic E-state index is 0.0354. The summed E-state index contributed by atoms with van der Waals surface area (Å²) in [6.45, 7) is 10.4. The van der Waals surface area contributed by atoms with Crippen molar-refractivity contribution in [2.24, 2.45) is 5.41 Å². The number of nitrogens with zero attached hydrogens (tertiary/aromatic N) is 2. The molecular weight excluding hydrogens is 220 g/mol. The van der Waals surface area contributed by atoms with Crippen LogP contribution in [0.25, 0.3) is 0 Å². The van der Waals surface area contributed by atoms with Crippen molar-refractivity contribution in [3.05, 3.63) is 34.9 Å². The molecule has 0 aromatic carbocycles. The van der Waals surface area contributed by atoms with Gasteiger partial charge in [-0.15, -0.1) is 0 Å². The first-order valence-corrected chi connectivity index (χ1v) is 6.22. The quantitative estimate of drug-likeness (QED) is 0.399. The molecule has 0 amide bonds. The third-order valence-electron chi connectivity index (χ3n) is 2.70. The molecular formula is C16H22N2. The molecule has 0 atom stereocenters. The van der Waals surface area contributed by atoms with Crippen LogP contribution in [-0.4, -0.2) is 0 Å². The van der Waals surface area contributed by atoms with Gasteiger partial charge in [0.25, 0.3) is 0 Å². The van der Waals surface area contributed by atoms with Crippen molar-refractivity contribution in [2.45, 2.75) is 47.5 Å². The maximum Gasteiger partial charge on any atom is 0.132 e. The van der Waals surface area contributed by atoms with Gasteiger partial charge >= 0.3 is 0 Å². The topological polar surface area (TPSA) is 47.6 Å². The lowest BCUT2D eigenvalue weighted by atomic mass is 9.87. The monoisotopic (exact) mass is 242 g/mol. The van der Waals surface area contributed by atoms with Gasteiger partial charge in [0.2, 0.25) is 0 Å². The second kappa shape index (κ2) is 7.51. The Bertz CT molecular complexity index is 428. The number of hydrogen-bond donors (Lipinski definition) is 0. The third-order valence-corrected chi connectivity index (χ3v) is 2.70. The third kappa shape index (κ3) is 6.06. The highest BCUT2D eigenvalue weighted by molar-refractivity contribution is 5.44. The van der Waals surface area contributed by atoms with E-state index >= 15 is 0 Å². The molecule has 0 aromatic rings. The molecule has 0 aromatic heterocycles. The van der Waals surface area contributed by atoms with Crippen molar-refractivity contribution in [3.63, 3.8) is 0 Å². The van der Waals surface area contributed by atoms with Gasteiger partial charge in [-0.1, -0.05) is 44.6 Å². The van der Waals surface area contributed by atoms with Gasteiger partial charge in [0, 0.05) is 0 Å². The van der Waals surface area contributed by atoms with E-state index in [2.05, 4.69) is 39.8 Å². The Morgan fingerprint density at radius 3 is 2.11 bits per heavy atom. The standard InChI is InChI=1S/C16H22N2/c1-6-14(15(11-17)12-18)8-10-16(4,5)9-7-13(2)3/h7-8,10H,6,9H2,1-5H3/b10-8+. The lowest BCUT2D eigenvalue weighted by Gasteiger charge is -2.18. The highest BCUT2D eigenvalue weighted by atomic mass is 14.3. The fourth-order valence-electron chi connectivity index (χ4n) is 1.41. The second-order valence-corrected chi connectivity index (χ2v) is 5.28. The summed E-state index contributed by atoms with van der Waals surface area (Å²) in [6.07, 6.45) is 7.86. The molecule has 0 fully saturated rings. The minimum Gasteiger partial charge on any atom is -0.192 e. The Morgan fingerprint density at radius 1 is 1.17 bits per heavy atom. The lowest BCUT2D eigenvalue weighted by molar-refractivity contribution is 0.487. The van der Waals surface area contributed by atoms with Gasteiger partial charge in [0.05, 0.1) is 0 Å². The molecule has 0 spiro atoms. The van der Waals surface area contributed by atoms with Gasteiger partial charge < -0.3 is 0 Å². The molecule has 0 aliphatic heterocycles. The van der Waals surface area contributed by atoms with E-state index in [1.54, 1.807) is 0 Å². The molecule has 0 N–H and O–H groups in total. The van der Waals surface area contributed by atoms with Crippen molar-refractivity contribution in [2.75, 3.05) is 0 Å². The van der Waals surface area contributed by atoms with Crippen LogP contribution in [-0.2, 0) is 0 Å². The van der Waals surface area contributed by atoms with Gasteiger partial charge in [-0.2, -0.15) is 10.5 Å². The SMILES string of the molecule is CCC(/C=C/C(C)(C)CC=C(C)C)=C(C#N)C#N. The van der Waals surface area contributed by atoms with Crippen LogP contribution in [0, 0.1) is 28.1 Å². The van der Waals surface area contributed by atoms with E-state index in [4.69, 9.17) is 10.5 Å². The van der Waals surface area contributed by atoms with Crippen LogP contribution in [0.1, 0.15) is 47.5 Å². The van der Waals surface area contributed by atoms with E-state index in [9.17, 15) is 0 Å². The van der Waals surface area contributed by atoms with Gasteiger partial charge in [-0.25, -0.2) is 0 Å². The van der Waals surface area contributed by atoms with Gasteiger partial charge in [-0.3, -0.25) is 0 Å². The highest BCUT2D eigenvalue weighted by Gasteiger charge is 2.12. The van der Waals surface area contributed by atoms with E-state index < -0.39 is 0 Å². The summed E-state index contributed by atoms with van der Waals surface area (Å²) in [5, 5.41) is 17.7. The van der Waals surface area contributed by atoms with Crippen LogP contribution in [0.3, 0.4) is 0 Å². The maximum atomic E-state index is 8.86. The Labute approximate surface area is 111 Å². The normalized spacial score (nSPS) is 10.6. The second-order valence-electron chi connectivity index (χ2n) is 5.28.